The first-order valence-electron chi connectivity index (χ1n) is 8.38. The summed E-state index contributed by atoms with van der Waals surface area (Å²) in [6.07, 6.45) is 2.27. The van der Waals surface area contributed by atoms with Crippen molar-refractivity contribution in [2.75, 3.05) is 20.3 Å². The summed E-state index contributed by atoms with van der Waals surface area (Å²) >= 11 is 0. The molecule has 7 heteroatoms. The van der Waals surface area contributed by atoms with E-state index in [-0.39, 0.29) is 17.8 Å². The van der Waals surface area contributed by atoms with Gasteiger partial charge in [0.15, 0.2) is 11.5 Å². The van der Waals surface area contributed by atoms with E-state index < -0.39 is 0 Å². The monoisotopic (exact) mass is 355 g/mol. The van der Waals surface area contributed by atoms with Gasteiger partial charge in [-0.1, -0.05) is 12.1 Å². The molecule has 0 saturated carbocycles. The summed E-state index contributed by atoms with van der Waals surface area (Å²) in [7, 11) is 1.63. The first-order chi connectivity index (χ1) is 12.7. The van der Waals surface area contributed by atoms with Gasteiger partial charge < -0.3 is 14.1 Å². The summed E-state index contributed by atoms with van der Waals surface area (Å²) in [6.45, 7) is 1.07. The molecule has 1 N–H and O–H groups in total. The van der Waals surface area contributed by atoms with Crippen molar-refractivity contribution in [1.29, 1.82) is 0 Å². The Kier molecular flexibility index (Phi) is 4.30. The number of hydrogen-bond acceptors (Lipinski definition) is 4. The summed E-state index contributed by atoms with van der Waals surface area (Å²) in [5, 5.41) is 7.14. The molecule has 4 rings (SSSR count). The molecule has 3 heterocycles. The predicted molar refractivity (Wildman–Crippen MR) is 92.1 cm³/mol. The topological polar surface area (TPSA) is 71.4 Å². The summed E-state index contributed by atoms with van der Waals surface area (Å²) in [4.78, 5) is 14.7. The molecule has 0 saturated heterocycles. The zero-order chi connectivity index (χ0) is 18.1. The SMILES string of the molecule is COCCCN1C(=O)c2n[nH]c(-c3ccco3)c2C1c1ccc(F)cc1. The van der Waals surface area contributed by atoms with Crippen LogP contribution in [0.5, 0.6) is 0 Å². The second kappa shape index (κ2) is 6.76. The van der Waals surface area contributed by atoms with Crippen LogP contribution in [0.2, 0.25) is 0 Å². The van der Waals surface area contributed by atoms with Crippen LogP contribution < -0.4 is 0 Å². The van der Waals surface area contributed by atoms with Gasteiger partial charge in [0.05, 0.1) is 12.3 Å². The molecule has 2 aromatic heterocycles. The van der Waals surface area contributed by atoms with Crippen LogP contribution in [0.3, 0.4) is 0 Å². The molecule has 0 bridgehead atoms. The standard InChI is InChI=1S/C19H18FN3O3/c1-25-10-3-9-23-18(12-5-7-13(20)8-6-12)15-16(14-4-2-11-26-14)21-22-17(15)19(23)24/h2,4-8,11,18H,3,9-10H2,1H3,(H,21,22). The number of rotatable bonds is 6. The third kappa shape index (κ3) is 2.70. The molecule has 6 nitrogen and oxygen atoms in total. The minimum atomic E-state index is -0.353. The summed E-state index contributed by atoms with van der Waals surface area (Å²) in [5.41, 5.74) is 2.63. The second-order valence-corrected chi connectivity index (χ2v) is 6.14. The number of ether oxygens (including phenoxy) is 1. The molecular formula is C19H18FN3O3. The fraction of sp³-hybridized carbons (Fsp3) is 0.263. The maximum atomic E-state index is 13.4. The highest BCUT2D eigenvalue weighted by molar-refractivity contribution is 5.99. The van der Waals surface area contributed by atoms with Crippen LogP contribution in [0.25, 0.3) is 11.5 Å². The van der Waals surface area contributed by atoms with Crippen LogP contribution >= 0.6 is 0 Å². The Hall–Kier alpha value is -2.93. The van der Waals surface area contributed by atoms with E-state index in [1.807, 2.05) is 6.07 Å². The minimum Gasteiger partial charge on any atom is -0.463 e. The minimum absolute atomic E-state index is 0.153. The fourth-order valence-corrected chi connectivity index (χ4v) is 3.40. The molecule has 0 aliphatic carbocycles. The van der Waals surface area contributed by atoms with E-state index in [0.29, 0.717) is 36.7 Å². The zero-order valence-electron chi connectivity index (χ0n) is 14.2. The Labute approximate surface area is 149 Å². The van der Waals surface area contributed by atoms with Gasteiger partial charge in [0.1, 0.15) is 11.5 Å². The molecular weight excluding hydrogens is 337 g/mol. The Bertz CT molecular complexity index is 903. The fourth-order valence-electron chi connectivity index (χ4n) is 3.40. The van der Waals surface area contributed by atoms with Crippen molar-refractivity contribution in [3.05, 3.63) is 65.3 Å². The Balaban J connectivity index is 1.80. The van der Waals surface area contributed by atoms with Crippen LogP contribution in [0.15, 0.2) is 47.1 Å². The number of fused-ring (bicyclic) bond motifs is 1. The maximum Gasteiger partial charge on any atom is 0.275 e. The van der Waals surface area contributed by atoms with E-state index >= 15 is 0 Å². The number of amides is 1. The van der Waals surface area contributed by atoms with Gasteiger partial charge in [-0.15, -0.1) is 0 Å². The lowest BCUT2D eigenvalue weighted by molar-refractivity contribution is 0.0723. The van der Waals surface area contributed by atoms with Gasteiger partial charge in [-0.2, -0.15) is 5.10 Å². The molecule has 0 spiro atoms. The van der Waals surface area contributed by atoms with E-state index in [2.05, 4.69) is 10.2 Å². The van der Waals surface area contributed by atoms with E-state index in [1.54, 1.807) is 36.5 Å². The summed E-state index contributed by atoms with van der Waals surface area (Å²) in [5.74, 6) is 0.138. The third-order valence-electron chi connectivity index (χ3n) is 4.55. The summed E-state index contributed by atoms with van der Waals surface area (Å²) < 4.78 is 24.0. The number of nitrogens with zero attached hydrogens (tertiary/aromatic N) is 2. The molecule has 134 valence electrons. The van der Waals surface area contributed by atoms with Crippen LogP contribution in [-0.4, -0.2) is 41.3 Å². The van der Waals surface area contributed by atoms with Crippen molar-refractivity contribution in [2.45, 2.75) is 12.5 Å². The van der Waals surface area contributed by atoms with Crippen molar-refractivity contribution in [3.63, 3.8) is 0 Å². The molecule has 0 radical (unpaired) electrons. The maximum absolute atomic E-state index is 13.4. The number of carbonyl (C=O) groups excluding carboxylic acids is 1. The van der Waals surface area contributed by atoms with Gasteiger partial charge in [0.25, 0.3) is 5.91 Å². The van der Waals surface area contributed by atoms with Gasteiger partial charge in [0.2, 0.25) is 0 Å². The van der Waals surface area contributed by atoms with Crippen LogP contribution in [0.4, 0.5) is 4.39 Å². The van der Waals surface area contributed by atoms with Crippen molar-refractivity contribution in [1.82, 2.24) is 15.1 Å². The van der Waals surface area contributed by atoms with Crippen molar-refractivity contribution >= 4 is 5.91 Å². The molecule has 1 aliphatic rings. The quantitative estimate of drug-likeness (QED) is 0.688. The smallest absolute Gasteiger partial charge is 0.275 e. The van der Waals surface area contributed by atoms with Gasteiger partial charge in [0, 0.05) is 25.8 Å². The van der Waals surface area contributed by atoms with Crippen LogP contribution in [0, 0.1) is 5.82 Å². The largest absolute Gasteiger partial charge is 0.463 e. The second-order valence-electron chi connectivity index (χ2n) is 6.14. The number of carbonyl (C=O) groups is 1. The number of hydrogen-bond donors (Lipinski definition) is 1. The molecule has 1 aromatic carbocycles. The number of aromatic nitrogens is 2. The van der Waals surface area contributed by atoms with Crippen LogP contribution in [-0.2, 0) is 4.74 Å². The van der Waals surface area contributed by atoms with E-state index in [1.165, 1.54) is 12.1 Å². The molecule has 1 unspecified atom stereocenters. The molecule has 3 aromatic rings. The number of benzene rings is 1. The molecule has 26 heavy (non-hydrogen) atoms. The number of H-pyrrole nitrogens is 1. The highest BCUT2D eigenvalue weighted by atomic mass is 19.1. The average Bonchev–Trinajstić information content (AvgIpc) is 3.35. The molecule has 1 atom stereocenters. The van der Waals surface area contributed by atoms with Gasteiger partial charge in [-0.25, -0.2) is 4.39 Å². The molecule has 1 amide bonds. The average molecular weight is 355 g/mol. The predicted octanol–water partition coefficient (Wildman–Crippen LogP) is 3.39. The lowest BCUT2D eigenvalue weighted by Crippen LogP contribution is -2.31. The van der Waals surface area contributed by atoms with Crippen molar-refractivity contribution < 1.29 is 18.3 Å². The lowest BCUT2D eigenvalue weighted by atomic mass is 9.98. The van der Waals surface area contributed by atoms with Crippen LogP contribution in [0.1, 0.15) is 34.1 Å². The van der Waals surface area contributed by atoms with E-state index in [4.69, 9.17) is 9.15 Å². The number of nitrogens with one attached hydrogen (secondary N) is 1. The third-order valence-corrected chi connectivity index (χ3v) is 4.55. The van der Waals surface area contributed by atoms with E-state index in [9.17, 15) is 9.18 Å². The highest BCUT2D eigenvalue weighted by Gasteiger charge is 2.42. The molecule has 0 fully saturated rings. The normalized spacial score (nSPS) is 16.3. The van der Waals surface area contributed by atoms with Crippen molar-refractivity contribution in [2.24, 2.45) is 0 Å². The number of halogens is 1. The number of furan rings is 1. The Morgan fingerprint density at radius 3 is 2.81 bits per heavy atom. The first kappa shape index (κ1) is 16.5. The first-order valence-corrected chi connectivity index (χ1v) is 8.38. The number of methoxy groups -OCH3 is 1. The van der Waals surface area contributed by atoms with Gasteiger partial charge in [-0.3, -0.25) is 9.89 Å². The zero-order valence-corrected chi connectivity index (χ0v) is 14.2. The number of aromatic amines is 1. The summed E-state index contributed by atoms with van der Waals surface area (Å²) in [6, 6.07) is 9.44. The van der Waals surface area contributed by atoms with E-state index in [0.717, 1.165) is 11.1 Å². The lowest BCUT2D eigenvalue weighted by Gasteiger charge is -2.26. The highest BCUT2D eigenvalue weighted by Crippen LogP contribution is 2.42. The van der Waals surface area contributed by atoms with Gasteiger partial charge in [-0.05, 0) is 36.2 Å². The van der Waals surface area contributed by atoms with Crippen molar-refractivity contribution in [3.8, 4) is 11.5 Å². The Morgan fingerprint density at radius 1 is 1.31 bits per heavy atom. The van der Waals surface area contributed by atoms with Gasteiger partial charge >= 0.3 is 0 Å². The molecule has 1 aliphatic heterocycles. The Morgan fingerprint density at radius 2 is 2.12 bits per heavy atom.